The molecule has 3 heterocycles. The molecule has 2 unspecified atom stereocenters. The van der Waals surface area contributed by atoms with E-state index in [1.54, 1.807) is 24.3 Å². The van der Waals surface area contributed by atoms with Crippen molar-refractivity contribution in [3.05, 3.63) is 76.6 Å². The maximum absolute atomic E-state index is 13.6. The van der Waals surface area contributed by atoms with Crippen molar-refractivity contribution in [3.8, 4) is 0 Å². The number of benzene rings is 3. The fourth-order valence-electron chi connectivity index (χ4n) is 5.48. The van der Waals surface area contributed by atoms with Crippen molar-refractivity contribution < 1.29 is 27.3 Å². The Kier molecular flexibility index (Phi) is 4.51. The lowest BCUT2D eigenvalue weighted by Crippen LogP contribution is -2.54. The Morgan fingerprint density at radius 1 is 0.971 bits per heavy atom. The first kappa shape index (κ1) is 21.6. The zero-order chi connectivity index (χ0) is 24.6. The Labute approximate surface area is 198 Å². The van der Waals surface area contributed by atoms with Crippen LogP contribution in [0.4, 0.5) is 20.6 Å². The Bertz CT molecular complexity index is 1540. The third-order valence-electron chi connectivity index (χ3n) is 6.95. The van der Waals surface area contributed by atoms with Crippen molar-refractivity contribution in [2.24, 2.45) is 0 Å². The van der Waals surface area contributed by atoms with Gasteiger partial charge in [-0.25, -0.2) is 22.5 Å². The number of anilines is 1. The lowest BCUT2D eigenvalue weighted by atomic mass is 10.1. The molecule has 12 heteroatoms. The molecule has 0 aromatic heterocycles. The number of fused-ring (bicyclic) bond motifs is 6. The molecule has 0 aliphatic carbocycles. The van der Waals surface area contributed by atoms with E-state index in [2.05, 4.69) is 0 Å². The molecule has 0 N–H and O–H groups in total. The fraction of sp³-hybridized carbons (Fsp3) is 0.217. The second-order valence-electron chi connectivity index (χ2n) is 8.70. The van der Waals surface area contributed by atoms with Gasteiger partial charge in [-0.3, -0.25) is 14.9 Å². The molecule has 3 aliphatic heterocycles. The van der Waals surface area contributed by atoms with Gasteiger partial charge in [-0.05, 0) is 42.8 Å². The summed E-state index contributed by atoms with van der Waals surface area (Å²) in [5.74, 6) is -1.15. The van der Waals surface area contributed by atoms with Crippen LogP contribution in [0, 0.1) is 15.9 Å². The van der Waals surface area contributed by atoms with E-state index in [1.165, 1.54) is 33.5 Å². The number of amides is 3. The van der Waals surface area contributed by atoms with Gasteiger partial charge in [0.05, 0.1) is 26.9 Å². The van der Waals surface area contributed by atoms with Crippen molar-refractivity contribution in [1.29, 1.82) is 0 Å². The molecular weight excluding hydrogens is 479 g/mol. The van der Waals surface area contributed by atoms with Crippen LogP contribution in [0.1, 0.15) is 6.42 Å². The monoisotopic (exact) mass is 496 g/mol. The maximum atomic E-state index is 13.6. The minimum atomic E-state index is -4.01. The summed E-state index contributed by atoms with van der Waals surface area (Å²) in [7, 11) is -4.01. The van der Waals surface area contributed by atoms with E-state index < -0.39 is 50.8 Å². The van der Waals surface area contributed by atoms with Gasteiger partial charge in [-0.1, -0.05) is 18.2 Å². The van der Waals surface area contributed by atoms with Gasteiger partial charge in [0.25, 0.3) is 11.6 Å². The number of sulfonamides is 1. The molecule has 35 heavy (non-hydrogen) atoms. The van der Waals surface area contributed by atoms with E-state index in [4.69, 9.17) is 0 Å². The van der Waals surface area contributed by atoms with E-state index >= 15 is 0 Å². The number of nitro groups is 1. The molecule has 0 spiro atoms. The number of piperazine rings is 1. The molecular formula is C23H17FN4O6S. The van der Waals surface area contributed by atoms with Crippen LogP contribution in [0.2, 0.25) is 0 Å². The van der Waals surface area contributed by atoms with Gasteiger partial charge < -0.3 is 4.90 Å². The van der Waals surface area contributed by atoms with Crippen LogP contribution >= 0.6 is 0 Å². The van der Waals surface area contributed by atoms with Crippen LogP contribution in [0.25, 0.3) is 10.8 Å². The summed E-state index contributed by atoms with van der Waals surface area (Å²) in [4.78, 5) is 40.2. The molecule has 3 aromatic carbocycles. The number of hydrogen-bond acceptors (Lipinski definition) is 6. The van der Waals surface area contributed by atoms with E-state index in [0.29, 0.717) is 11.8 Å². The molecule has 3 aromatic rings. The molecule has 0 saturated carbocycles. The van der Waals surface area contributed by atoms with E-state index in [-0.39, 0.29) is 28.2 Å². The number of imide groups is 1. The van der Waals surface area contributed by atoms with Crippen molar-refractivity contribution in [1.82, 2.24) is 9.21 Å². The molecule has 178 valence electrons. The summed E-state index contributed by atoms with van der Waals surface area (Å²) in [5, 5.41) is 12.1. The lowest BCUT2D eigenvalue weighted by molar-refractivity contribution is -0.383. The van der Waals surface area contributed by atoms with Crippen LogP contribution in [-0.4, -0.2) is 59.2 Å². The van der Waals surface area contributed by atoms with Crippen LogP contribution in [0.15, 0.2) is 65.6 Å². The van der Waals surface area contributed by atoms with Crippen molar-refractivity contribution in [3.63, 3.8) is 0 Å². The predicted octanol–water partition coefficient (Wildman–Crippen LogP) is 2.87. The standard InChI is InChI=1S/C23H17FN4O6S/c24-13-5-7-15(8-6-13)35(33,34)25-12-14-11-20(25)21-22(29)27(23(30)26(14)21)18-9-10-19(28(31)32)17-4-2-1-3-16(17)18/h1-10,14,20-21H,11-12H2/t14?,20?,21-/m0/s1. The zero-order valence-corrected chi connectivity index (χ0v) is 18.8. The van der Waals surface area contributed by atoms with Gasteiger partial charge in [0.1, 0.15) is 11.9 Å². The van der Waals surface area contributed by atoms with Gasteiger partial charge in [-0.2, -0.15) is 4.31 Å². The number of rotatable bonds is 4. The summed E-state index contributed by atoms with van der Waals surface area (Å²) in [6.45, 7) is 0.0226. The Balaban J connectivity index is 1.39. The second-order valence-corrected chi connectivity index (χ2v) is 10.6. The Hall–Kier alpha value is -3.90. The molecule has 0 radical (unpaired) electrons. The normalized spacial score (nSPS) is 24.0. The molecule has 3 amide bonds. The van der Waals surface area contributed by atoms with Gasteiger partial charge in [0, 0.05) is 24.0 Å². The Morgan fingerprint density at radius 2 is 1.66 bits per heavy atom. The first-order valence-electron chi connectivity index (χ1n) is 10.8. The fourth-order valence-corrected chi connectivity index (χ4v) is 7.15. The second kappa shape index (κ2) is 7.30. The average molecular weight is 496 g/mol. The third-order valence-corrected chi connectivity index (χ3v) is 8.86. The quantitative estimate of drug-likeness (QED) is 0.311. The van der Waals surface area contributed by atoms with Crippen LogP contribution in [0.5, 0.6) is 0 Å². The Morgan fingerprint density at radius 3 is 2.34 bits per heavy atom. The van der Waals surface area contributed by atoms with E-state index in [9.17, 15) is 32.5 Å². The smallest absolute Gasteiger partial charge is 0.306 e. The first-order chi connectivity index (χ1) is 16.7. The maximum Gasteiger partial charge on any atom is 0.332 e. The largest absolute Gasteiger partial charge is 0.332 e. The number of urea groups is 1. The van der Waals surface area contributed by atoms with Crippen LogP contribution in [0.3, 0.4) is 0 Å². The minimum Gasteiger partial charge on any atom is -0.306 e. The third kappa shape index (κ3) is 2.93. The lowest BCUT2D eigenvalue weighted by Gasteiger charge is -2.34. The van der Waals surface area contributed by atoms with Gasteiger partial charge in [0.15, 0.2) is 0 Å². The number of hydrogen-bond donors (Lipinski definition) is 0. The number of nitrogens with zero attached hydrogens (tertiary/aromatic N) is 4. The number of carbonyl (C=O) groups is 2. The highest BCUT2D eigenvalue weighted by atomic mass is 32.2. The summed E-state index contributed by atoms with van der Waals surface area (Å²) >= 11 is 0. The number of carbonyl (C=O) groups excluding carboxylic acids is 2. The highest BCUT2D eigenvalue weighted by Gasteiger charge is 2.64. The highest BCUT2D eigenvalue weighted by molar-refractivity contribution is 7.89. The van der Waals surface area contributed by atoms with Crippen molar-refractivity contribution in [2.45, 2.75) is 29.4 Å². The summed E-state index contributed by atoms with van der Waals surface area (Å²) in [6, 6.07) is 10.7. The predicted molar refractivity (Wildman–Crippen MR) is 122 cm³/mol. The van der Waals surface area contributed by atoms with Crippen molar-refractivity contribution in [2.75, 3.05) is 11.4 Å². The van der Waals surface area contributed by atoms with Gasteiger partial charge >= 0.3 is 6.03 Å². The number of nitro benzene ring substituents is 1. The topological polar surface area (TPSA) is 121 Å². The van der Waals surface area contributed by atoms with Crippen LogP contribution in [-0.2, 0) is 14.8 Å². The van der Waals surface area contributed by atoms with Crippen LogP contribution < -0.4 is 4.90 Å². The molecule has 10 nitrogen and oxygen atoms in total. The zero-order valence-electron chi connectivity index (χ0n) is 17.9. The molecule has 3 aliphatic rings. The molecule has 3 atom stereocenters. The molecule has 2 bridgehead atoms. The van der Waals surface area contributed by atoms with E-state index in [1.807, 2.05) is 0 Å². The SMILES string of the molecule is O=C1[C@@H]2C3CC(CN3S(=O)(=O)c3ccc(F)cc3)N2C(=O)N1c1ccc([N+](=O)[O-])c2ccccc12. The van der Waals surface area contributed by atoms with Gasteiger partial charge in [-0.15, -0.1) is 0 Å². The molecule has 3 saturated heterocycles. The minimum absolute atomic E-state index is 0.0226. The summed E-state index contributed by atoms with van der Waals surface area (Å²) in [5.41, 5.74) is 0.0588. The van der Waals surface area contributed by atoms with E-state index in [0.717, 1.165) is 17.0 Å². The average Bonchev–Trinajstić information content (AvgIpc) is 3.50. The number of non-ortho nitro benzene ring substituents is 1. The first-order valence-corrected chi connectivity index (χ1v) is 12.2. The molecule has 3 fully saturated rings. The van der Waals surface area contributed by atoms with Gasteiger partial charge in [0.2, 0.25) is 10.0 Å². The number of halogens is 1. The summed E-state index contributed by atoms with van der Waals surface area (Å²) in [6.07, 6.45) is 0.317. The molecule has 6 rings (SSSR count). The highest BCUT2D eigenvalue weighted by Crippen LogP contribution is 2.45. The summed E-state index contributed by atoms with van der Waals surface area (Å²) < 4.78 is 41.0. The van der Waals surface area contributed by atoms with Crippen molar-refractivity contribution >= 4 is 44.1 Å².